The number of carbonyl (C=O) groups is 1. The molecular formula is C23H28FN7O. The van der Waals surface area contributed by atoms with E-state index in [1.54, 1.807) is 17.8 Å². The van der Waals surface area contributed by atoms with Crippen LogP contribution in [0.5, 0.6) is 0 Å². The molecule has 0 radical (unpaired) electrons. The van der Waals surface area contributed by atoms with Crippen LogP contribution in [0.4, 0.5) is 15.9 Å². The largest absolute Gasteiger partial charge is 0.346 e. The van der Waals surface area contributed by atoms with Gasteiger partial charge in [0.1, 0.15) is 23.4 Å². The zero-order chi connectivity index (χ0) is 23.0. The van der Waals surface area contributed by atoms with Gasteiger partial charge < -0.3 is 10.2 Å². The zero-order valence-electron chi connectivity index (χ0n) is 19.1. The maximum atomic E-state index is 13.7. The highest BCUT2D eigenvalue weighted by atomic mass is 19.1. The van der Waals surface area contributed by atoms with E-state index in [2.05, 4.69) is 20.4 Å². The molecule has 0 aromatic carbocycles. The molecule has 1 amide bonds. The molecule has 4 heterocycles. The van der Waals surface area contributed by atoms with Crippen molar-refractivity contribution in [2.45, 2.75) is 53.1 Å². The van der Waals surface area contributed by atoms with E-state index in [1.165, 1.54) is 6.07 Å². The molecule has 0 unspecified atom stereocenters. The average molecular weight is 438 g/mol. The van der Waals surface area contributed by atoms with Gasteiger partial charge in [-0.05, 0) is 43.4 Å². The predicted molar refractivity (Wildman–Crippen MR) is 120 cm³/mol. The molecule has 0 aliphatic carbocycles. The van der Waals surface area contributed by atoms with Gasteiger partial charge in [0, 0.05) is 25.9 Å². The lowest BCUT2D eigenvalue weighted by Crippen LogP contribution is -2.49. The van der Waals surface area contributed by atoms with E-state index in [1.807, 2.05) is 45.1 Å². The SMILES string of the molecule is Cc1ncc(Cn2cc(CCc3nc(C)c4c(n3)N(C)[C@@H](C(C)C)C(=O)N4)cn2)cc1F. The van der Waals surface area contributed by atoms with Crippen LogP contribution in [0.1, 0.15) is 42.2 Å². The second kappa shape index (κ2) is 8.64. The third-order valence-corrected chi connectivity index (χ3v) is 5.77. The molecule has 1 aliphatic heterocycles. The van der Waals surface area contributed by atoms with Gasteiger partial charge in [0.15, 0.2) is 5.82 Å². The number of aryl methyl sites for hydroxylation is 4. The number of likely N-dealkylation sites (N-methyl/N-ethyl adjacent to an activating group) is 1. The second-order valence-electron chi connectivity index (χ2n) is 8.67. The number of anilines is 2. The summed E-state index contributed by atoms with van der Waals surface area (Å²) in [5, 5.41) is 7.36. The van der Waals surface area contributed by atoms with Crippen LogP contribution in [-0.2, 0) is 24.2 Å². The summed E-state index contributed by atoms with van der Waals surface area (Å²) in [5.41, 5.74) is 3.65. The lowest BCUT2D eigenvalue weighted by atomic mass is 9.99. The average Bonchev–Trinajstić information content (AvgIpc) is 3.17. The summed E-state index contributed by atoms with van der Waals surface area (Å²) in [7, 11) is 1.91. The molecule has 0 spiro atoms. The van der Waals surface area contributed by atoms with Crippen molar-refractivity contribution >= 4 is 17.4 Å². The Morgan fingerprint density at radius 2 is 1.91 bits per heavy atom. The fourth-order valence-corrected chi connectivity index (χ4v) is 4.08. The Balaban J connectivity index is 1.46. The molecular weight excluding hydrogens is 409 g/mol. The first-order valence-electron chi connectivity index (χ1n) is 10.8. The number of nitrogens with zero attached hydrogens (tertiary/aromatic N) is 6. The Bertz CT molecular complexity index is 1160. The maximum absolute atomic E-state index is 13.7. The third-order valence-electron chi connectivity index (χ3n) is 5.77. The number of nitrogens with one attached hydrogen (secondary N) is 1. The van der Waals surface area contributed by atoms with Gasteiger partial charge in [0.25, 0.3) is 0 Å². The minimum atomic E-state index is -0.310. The van der Waals surface area contributed by atoms with Crippen LogP contribution < -0.4 is 10.2 Å². The van der Waals surface area contributed by atoms with Crippen LogP contribution in [0.25, 0.3) is 0 Å². The quantitative estimate of drug-likeness (QED) is 0.638. The molecule has 0 bridgehead atoms. The summed E-state index contributed by atoms with van der Waals surface area (Å²) in [5.74, 6) is 1.32. The predicted octanol–water partition coefficient (Wildman–Crippen LogP) is 3.07. The summed E-state index contributed by atoms with van der Waals surface area (Å²) >= 11 is 0. The van der Waals surface area contributed by atoms with Gasteiger partial charge >= 0.3 is 0 Å². The molecule has 1 N–H and O–H groups in total. The van der Waals surface area contributed by atoms with Crippen molar-refractivity contribution in [3.05, 3.63) is 58.8 Å². The highest BCUT2D eigenvalue weighted by molar-refractivity contribution is 6.03. The van der Waals surface area contributed by atoms with Crippen LogP contribution in [0.15, 0.2) is 24.7 Å². The number of rotatable bonds is 6. The number of carbonyl (C=O) groups excluding carboxylic acids is 1. The number of aromatic nitrogens is 5. The Hall–Kier alpha value is -3.36. The van der Waals surface area contributed by atoms with Gasteiger partial charge in [-0.15, -0.1) is 0 Å². The van der Waals surface area contributed by atoms with Gasteiger partial charge in [-0.3, -0.25) is 14.5 Å². The fourth-order valence-electron chi connectivity index (χ4n) is 4.08. The number of pyridine rings is 1. The van der Waals surface area contributed by atoms with Gasteiger partial charge in [0.05, 0.1) is 24.1 Å². The number of halogens is 1. The standard InChI is InChI=1S/C23H28FN7O/c1-13(2)21-23(32)29-20-15(4)27-19(28-22(20)30(21)5)7-6-16-10-26-31(11-16)12-17-8-18(24)14(3)25-9-17/h8-11,13,21H,6-7,12H2,1-5H3,(H,29,32)/t21-/m0/s1. The molecule has 3 aromatic heterocycles. The van der Waals surface area contributed by atoms with Crippen molar-refractivity contribution in [1.82, 2.24) is 24.7 Å². The van der Waals surface area contributed by atoms with E-state index < -0.39 is 0 Å². The monoisotopic (exact) mass is 437 g/mol. The van der Waals surface area contributed by atoms with E-state index in [0.29, 0.717) is 24.3 Å². The number of amides is 1. The summed E-state index contributed by atoms with van der Waals surface area (Å²) < 4.78 is 15.5. The Morgan fingerprint density at radius 1 is 1.12 bits per heavy atom. The molecule has 4 rings (SSSR count). The Labute approximate surface area is 186 Å². The molecule has 0 saturated heterocycles. The number of hydrogen-bond donors (Lipinski definition) is 1. The van der Waals surface area contributed by atoms with Crippen LogP contribution in [0.3, 0.4) is 0 Å². The molecule has 168 valence electrons. The highest BCUT2D eigenvalue weighted by Crippen LogP contribution is 2.33. The Morgan fingerprint density at radius 3 is 2.62 bits per heavy atom. The topological polar surface area (TPSA) is 88.8 Å². The van der Waals surface area contributed by atoms with Crippen molar-refractivity contribution in [1.29, 1.82) is 0 Å². The summed E-state index contributed by atoms with van der Waals surface area (Å²) in [4.78, 5) is 27.9. The van der Waals surface area contributed by atoms with Crippen molar-refractivity contribution in [2.75, 3.05) is 17.3 Å². The van der Waals surface area contributed by atoms with Crippen LogP contribution >= 0.6 is 0 Å². The zero-order valence-corrected chi connectivity index (χ0v) is 19.1. The smallest absolute Gasteiger partial charge is 0.247 e. The molecule has 8 nitrogen and oxygen atoms in total. The second-order valence-corrected chi connectivity index (χ2v) is 8.67. The van der Waals surface area contributed by atoms with E-state index in [-0.39, 0.29) is 23.7 Å². The number of fused-ring (bicyclic) bond motifs is 1. The number of hydrogen-bond acceptors (Lipinski definition) is 6. The normalized spacial score (nSPS) is 15.8. The minimum absolute atomic E-state index is 0.0227. The lowest BCUT2D eigenvalue weighted by molar-refractivity contribution is -0.118. The van der Waals surface area contributed by atoms with E-state index >= 15 is 0 Å². The van der Waals surface area contributed by atoms with E-state index in [4.69, 9.17) is 4.98 Å². The molecule has 32 heavy (non-hydrogen) atoms. The first kappa shape index (κ1) is 21.9. The molecule has 1 aliphatic rings. The molecule has 0 fully saturated rings. The van der Waals surface area contributed by atoms with Crippen LogP contribution in [-0.4, -0.2) is 43.7 Å². The van der Waals surface area contributed by atoms with Gasteiger partial charge in [-0.25, -0.2) is 14.4 Å². The maximum Gasteiger partial charge on any atom is 0.247 e. The van der Waals surface area contributed by atoms with Crippen molar-refractivity contribution in [2.24, 2.45) is 5.92 Å². The van der Waals surface area contributed by atoms with Crippen LogP contribution in [0.2, 0.25) is 0 Å². The minimum Gasteiger partial charge on any atom is -0.346 e. The first-order chi connectivity index (χ1) is 15.2. The van der Waals surface area contributed by atoms with E-state index in [9.17, 15) is 9.18 Å². The molecule has 9 heteroatoms. The Kier molecular flexibility index (Phi) is 5.90. The van der Waals surface area contributed by atoms with Gasteiger partial charge in [-0.2, -0.15) is 5.10 Å². The summed E-state index contributed by atoms with van der Waals surface area (Å²) in [6.07, 6.45) is 6.80. The van der Waals surface area contributed by atoms with Crippen molar-refractivity contribution < 1.29 is 9.18 Å². The third kappa shape index (κ3) is 4.32. The summed E-state index contributed by atoms with van der Waals surface area (Å²) in [6.45, 7) is 8.05. The first-order valence-corrected chi connectivity index (χ1v) is 10.8. The molecule has 1 atom stereocenters. The summed E-state index contributed by atoms with van der Waals surface area (Å²) in [6, 6.07) is 1.23. The van der Waals surface area contributed by atoms with Gasteiger partial charge in [0.2, 0.25) is 5.91 Å². The molecule has 0 saturated carbocycles. The van der Waals surface area contributed by atoms with Crippen molar-refractivity contribution in [3.63, 3.8) is 0 Å². The van der Waals surface area contributed by atoms with Gasteiger partial charge in [-0.1, -0.05) is 13.8 Å². The van der Waals surface area contributed by atoms with Crippen molar-refractivity contribution in [3.8, 4) is 0 Å². The highest BCUT2D eigenvalue weighted by Gasteiger charge is 2.35. The van der Waals surface area contributed by atoms with Crippen LogP contribution in [0, 0.1) is 25.6 Å². The fraction of sp³-hybridized carbons (Fsp3) is 0.435. The lowest BCUT2D eigenvalue weighted by Gasteiger charge is -2.36. The molecule has 3 aromatic rings. The van der Waals surface area contributed by atoms with E-state index in [0.717, 1.165) is 34.9 Å².